The molecule has 0 aliphatic heterocycles. The highest BCUT2D eigenvalue weighted by atomic mass is 32.2. The van der Waals surface area contributed by atoms with Gasteiger partial charge in [-0.1, -0.05) is 48.5 Å². The third-order valence-corrected chi connectivity index (χ3v) is 3.92. The minimum absolute atomic E-state index is 0.432. The van der Waals surface area contributed by atoms with Gasteiger partial charge in [0.2, 0.25) is 0 Å². The molecular weight excluding hydrogens is 226 g/mol. The third kappa shape index (κ3) is 3.62. The van der Waals surface area contributed by atoms with E-state index in [9.17, 15) is 0 Å². The van der Waals surface area contributed by atoms with Gasteiger partial charge in [-0.25, -0.2) is 0 Å². The van der Waals surface area contributed by atoms with Gasteiger partial charge in [0.05, 0.1) is 0 Å². The van der Waals surface area contributed by atoms with Crippen LogP contribution in [0.15, 0.2) is 65.6 Å². The van der Waals surface area contributed by atoms with Gasteiger partial charge >= 0.3 is 0 Å². The molecule has 1 unspecified atom stereocenters. The average molecular weight is 243 g/mol. The van der Waals surface area contributed by atoms with Crippen molar-refractivity contribution in [3.63, 3.8) is 0 Å². The molecule has 1 atom stereocenters. The zero-order valence-corrected chi connectivity index (χ0v) is 10.6. The second-order valence-electron chi connectivity index (χ2n) is 3.97. The molecule has 0 fully saturated rings. The van der Waals surface area contributed by atoms with Gasteiger partial charge in [0.25, 0.3) is 0 Å². The van der Waals surface area contributed by atoms with E-state index in [1.54, 1.807) is 0 Å². The molecule has 0 radical (unpaired) electrons. The monoisotopic (exact) mass is 243 g/mol. The molecule has 2 rings (SSSR count). The van der Waals surface area contributed by atoms with E-state index in [0.717, 1.165) is 5.75 Å². The van der Waals surface area contributed by atoms with E-state index in [0.29, 0.717) is 12.5 Å². The molecule has 0 aromatic heterocycles. The Hall–Kier alpha value is -1.25. The lowest BCUT2D eigenvalue weighted by molar-refractivity contribution is 0.785. The molecule has 0 aliphatic carbocycles. The molecule has 0 spiro atoms. The first-order valence-electron chi connectivity index (χ1n) is 5.83. The van der Waals surface area contributed by atoms with Crippen molar-refractivity contribution >= 4 is 11.8 Å². The maximum absolute atomic E-state index is 5.86. The van der Waals surface area contributed by atoms with Crippen LogP contribution in [-0.4, -0.2) is 12.3 Å². The Balaban J connectivity index is 1.97. The van der Waals surface area contributed by atoms with Crippen molar-refractivity contribution in [2.24, 2.45) is 5.73 Å². The van der Waals surface area contributed by atoms with Gasteiger partial charge in [0.15, 0.2) is 0 Å². The van der Waals surface area contributed by atoms with Crippen LogP contribution in [-0.2, 0) is 0 Å². The van der Waals surface area contributed by atoms with E-state index in [-0.39, 0.29) is 0 Å². The second-order valence-corrected chi connectivity index (χ2v) is 5.06. The van der Waals surface area contributed by atoms with Gasteiger partial charge in [-0.3, -0.25) is 0 Å². The molecular formula is C15H17NS. The number of hydrogen-bond donors (Lipinski definition) is 1. The Morgan fingerprint density at radius 2 is 1.47 bits per heavy atom. The van der Waals surface area contributed by atoms with Gasteiger partial charge in [-0.15, -0.1) is 11.8 Å². The van der Waals surface area contributed by atoms with Gasteiger partial charge < -0.3 is 5.73 Å². The molecule has 17 heavy (non-hydrogen) atoms. The highest BCUT2D eigenvalue weighted by Gasteiger charge is 2.09. The van der Waals surface area contributed by atoms with Crippen LogP contribution in [0.3, 0.4) is 0 Å². The van der Waals surface area contributed by atoms with Gasteiger partial charge in [-0.05, 0) is 24.2 Å². The summed E-state index contributed by atoms with van der Waals surface area (Å²) in [5.41, 5.74) is 7.19. The summed E-state index contributed by atoms with van der Waals surface area (Å²) in [6.07, 6.45) is 0. The Morgan fingerprint density at radius 3 is 2.06 bits per heavy atom. The maximum Gasteiger partial charge on any atom is 0.00721 e. The summed E-state index contributed by atoms with van der Waals surface area (Å²) in [6.45, 7) is 0.698. The van der Waals surface area contributed by atoms with E-state index in [1.807, 2.05) is 23.9 Å². The van der Waals surface area contributed by atoms with Crippen molar-refractivity contribution in [3.05, 3.63) is 66.2 Å². The fourth-order valence-electron chi connectivity index (χ4n) is 1.74. The summed E-state index contributed by atoms with van der Waals surface area (Å²) in [5, 5.41) is 0. The molecule has 2 N–H and O–H groups in total. The summed E-state index contributed by atoms with van der Waals surface area (Å²) in [5.74, 6) is 1.46. The number of nitrogens with two attached hydrogens (primary N) is 1. The van der Waals surface area contributed by atoms with Crippen LogP contribution in [0.2, 0.25) is 0 Å². The molecule has 2 heteroatoms. The molecule has 0 saturated carbocycles. The highest BCUT2D eigenvalue weighted by molar-refractivity contribution is 7.99. The first-order chi connectivity index (χ1) is 8.40. The molecule has 0 aliphatic rings. The average Bonchev–Trinajstić information content (AvgIpc) is 2.42. The van der Waals surface area contributed by atoms with Crippen molar-refractivity contribution in [2.45, 2.75) is 10.8 Å². The zero-order valence-electron chi connectivity index (χ0n) is 9.75. The molecule has 0 heterocycles. The van der Waals surface area contributed by atoms with E-state index in [2.05, 4.69) is 48.5 Å². The standard InChI is InChI=1S/C15H17NS/c16-11-14(13-7-3-1-4-8-13)12-17-15-9-5-2-6-10-15/h1-10,14H,11-12,16H2. The van der Waals surface area contributed by atoms with Crippen LogP contribution in [0.5, 0.6) is 0 Å². The van der Waals surface area contributed by atoms with Gasteiger partial charge in [0, 0.05) is 16.6 Å². The lowest BCUT2D eigenvalue weighted by atomic mass is 10.0. The number of thioether (sulfide) groups is 1. The van der Waals surface area contributed by atoms with Crippen LogP contribution in [0.1, 0.15) is 11.5 Å². The second kappa shape index (κ2) is 6.48. The van der Waals surface area contributed by atoms with Crippen LogP contribution in [0.25, 0.3) is 0 Å². The summed E-state index contributed by atoms with van der Waals surface area (Å²) in [4.78, 5) is 1.31. The van der Waals surface area contributed by atoms with Crippen LogP contribution >= 0.6 is 11.8 Å². The molecule has 0 saturated heterocycles. The van der Waals surface area contributed by atoms with Crippen LogP contribution < -0.4 is 5.73 Å². The molecule has 2 aromatic rings. The Morgan fingerprint density at radius 1 is 0.882 bits per heavy atom. The van der Waals surface area contributed by atoms with Gasteiger partial charge in [0.1, 0.15) is 0 Å². The maximum atomic E-state index is 5.86. The van der Waals surface area contributed by atoms with Crippen molar-refractivity contribution in [3.8, 4) is 0 Å². The number of benzene rings is 2. The van der Waals surface area contributed by atoms with Gasteiger partial charge in [-0.2, -0.15) is 0 Å². The fraction of sp³-hybridized carbons (Fsp3) is 0.200. The highest BCUT2D eigenvalue weighted by Crippen LogP contribution is 2.25. The molecule has 0 amide bonds. The molecule has 0 bridgehead atoms. The molecule has 1 nitrogen and oxygen atoms in total. The predicted molar refractivity (Wildman–Crippen MR) is 75.4 cm³/mol. The largest absolute Gasteiger partial charge is 0.330 e. The number of rotatable bonds is 5. The minimum Gasteiger partial charge on any atom is -0.330 e. The van der Waals surface area contributed by atoms with Crippen LogP contribution in [0.4, 0.5) is 0 Å². The fourth-order valence-corrected chi connectivity index (χ4v) is 2.81. The Labute approximate surface area is 107 Å². The van der Waals surface area contributed by atoms with E-state index >= 15 is 0 Å². The van der Waals surface area contributed by atoms with E-state index in [1.165, 1.54) is 10.5 Å². The van der Waals surface area contributed by atoms with Crippen molar-refractivity contribution in [1.29, 1.82) is 0 Å². The lowest BCUT2D eigenvalue weighted by Crippen LogP contribution is -2.14. The van der Waals surface area contributed by atoms with Crippen molar-refractivity contribution in [2.75, 3.05) is 12.3 Å². The Bertz CT molecular complexity index is 427. The first kappa shape index (κ1) is 12.2. The van der Waals surface area contributed by atoms with Crippen molar-refractivity contribution in [1.82, 2.24) is 0 Å². The molecule has 2 aromatic carbocycles. The summed E-state index contributed by atoms with van der Waals surface area (Å²) < 4.78 is 0. The molecule has 88 valence electrons. The summed E-state index contributed by atoms with van der Waals surface area (Å²) in [6, 6.07) is 21.0. The van der Waals surface area contributed by atoms with E-state index in [4.69, 9.17) is 5.73 Å². The topological polar surface area (TPSA) is 26.0 Å². The smallest absolute Gasteiger partial charge is 0.00721 e. The zero-order chi connectivity index (χ0) is 11.9. The minimum atomic E-state index is 0.432. The summed E-state index contributed by atoms with van der Waals surface area (Å²) >= 11 is 1.87. The SMILES string of the molecule is NCC(CSc1ccccc1)c1ccccc1. The lowest BCUT2D eigenvalue weighted by Gasteiger charge is -2.14. The predicted octanol–water partition coefficient (Wildman–Crippen LogP) is 3.52. The van der Waals surface area contributed by atoms with Crippen LogP contribution in [0, 0.1) is 0 Å². The third-order valence-electron chi connectivity index (χ3n) is 2.75. The Kier molecular flexibility index (Phi) is 4.65. The van der Waals surface area contributed by atoms with Crippen molar-refractivity contribution < 1.29 is 0 Å². The summed E-state index contributed by atoms with van der Waals surface area (Å²) in [7, 11) is 0. The first-order valence-corrected chi connectivity index (χ1v) is 6.81. The normalized spacial score (nSPS) is 12.3. The van der Waals surface area contributed by atoms with E-state index < -0.39 is 0 Å². The quantitative estimate of drug-likeness (QED) is 0.813. The number of hydrogen-bond acceptors (Lipinski definition) is 2.